The van der Waals surface area contributed by atoms with Gasteiger partial charge in [0.1, 0.15) is 0 Å². The number of carbonyl (C=O) groups is 2. The zero-order valence-electron chi connectivity index (χ0n) is 13.4. The predicted octanol–water partition coefficient (Wildman–Crippen LogP) is 2.85. The second kappa shape index (κ2) is 6.24. The van der Waals surface area contributed by atoms with E-state index in [0.29, 0.717) is 18.4 Å². The van der Waals surface area contributed by atoms with Gasteiger partial charge in [-0.3, -0.25) is 4.79 Å². The van der Waals surface area contributed by atoms with E-state index < -0.39 is 5.97 Å². The van der Waals surface area contributed by atoms with E-state index in [1.807, 2.05) is 4.90 Å². The number of hydrogen-bond donors (Lipinski definition) is 2. The van der Waals surface area contributed by atoms with Gasteiger partial charge in [0.2, 0.25) is 0 Å². The summed E-state index contributed by atoms with van der Waals surface area (Å²) in [6.45, 7) is 7.04. The number of carboxylic acid groups (broad SMARTS) is 1. The molecule has 2 rings (SSSR count). The van der Waals surface area contributed by atoms with Crippen molar-refractivity contribution in [3.05, 3.63) is 0 Å². The Balaban J connectivity index is 1.92. The zero-order chi connectivity index (χ0) is 15.6. The molecule has 120 valence electrons. The van der Waals surface area contributed by atoms with Gasteiger partial charge in [-0.1, -0.05) is 20.8 Å². The maximum atomic E-state index is 12.5. The summed E-state index contributed by atoms with van der Waals surface area (Å²) < 4.78 is 0. The third-order valence-electron chi connectivity index (χ3n) is 4.01. The number of aliphatic carboxylic acids is 1. The van der Waals surface area contributed by atoms with Gasteiger partial charge in [0, 0.05) is 18.6 Å². The third-order valence-corrected chi connectivity index (χ3v) is 4.01. The fraction of sp³-hybridized carbons (Fsp3) is 0.875. The zero-order valence-corrected chi connectivity index (χ0v) is 13.4. The number of amides is 2. The van der Waals surface area contributed by atoms with Crippen molar-refractivity contribution in [1.29, 1.82) is 0 Å². The molecule has 2 aliphatic rings. The van der Waals surface area contributed by atoms with E-state index in [9.17, 15) is 9.59 Å². The predicted molar refractivity (Wildman–Crippen MR) is 81.1 cm³/mol. The van der Waals surface area contributed by atoms with Gasteiger partial charge in [0.15, 0.2) is 0 Å². The number of hydrogen-bond acceptors (Lipinski definition) is 2. The average Bonchev–Trinajstić information content (AvgIpc) is 3.16. The van der Waals surface area contributed by atoms with E-state index in [1.54, 1.807) is 0 Å². The van der Waals surface area contributed by atoms with Crippen molar-refractivity contribution in [2.45, 2.75) is 71.4 Å². The number of rotatable bonds is 7. The molecule has 0 bridgehead atoms. The molecule has 0 heterocycles. The Morgan fingerprint density at radius 3 is 2.29 bits per heavy atom. The molecule has 0 saturated heterocycles. The Hall–Kier alpha value is -1.26. The number of carboxylic acids is 1. The van der Waals surface area contributed by atoms with Gasteiger partial charge in [-0.25, -0.2) is 4.79 Å². The molecule has 0 aliphatic heterocycles. The van der Waals surface area contributed by atoms with Crippen molar-refractivity contribution in [2.24, 2.45) is 11.3 Å². The van der Waals surface area contributed by atoms with Gasteiger partial charge < -0.3 is 15.3 Å². The summed E-state index contributed by atoms with van der Waals surface area (Å²) in [7, 11) is 0. The molecule has 5 nitrogen and oxygen atoms in total. The van der Waals surface area contributed by atoms with E-state index >= 15 is 0 Å². The minimum absolute atomic E-state index is 0.00565. The van der Waals surface area contributed by atoms with Gasteiger partial charge >= 0.3 is 12.0 Å². The smallest absolute Gasteiger partial charge is 0.317 e. The maximum absolute atomic E-state index is 12.5. The second-order valence-corrected chi connectivity index (χ2v) is 7.84. The quantitative estimate of drug-likeness (QED) is 0.759. The lowest BCUT2D eigenvalue weighted by Crippen LogP contribution is -2.48. The van der Waals surface area contributed by atoms with Gasteiger partial charge in [-0.2, -0.15) is 0 Å². The SMILES string of the molecule is CC(C)(C)CC(CC(=O)O)NC(=O)N(CC1CC1)C1CC1. The first kappa shape index (κ1) is 16.1. The molecule has 0 spiro atoms. The highest BCUT2D eigenvalue weighted by Gasteiger charge is 2.37. The van der Waals surface area contributed by atoms with E-state index in [1.165, 1.54) is 12.8 Å². The topological polar surface area (TPSA) is 69.6 Å². The van der Waals surface area contributed by atoms with Crippen LogP contribution in [0.2, 0.25) is 0 Å². The molecule has 0 radical (unpaired) electrons. The fourth-order valence-corrected chi connectivity index (χ4v) is 2.74. The summed E-state index contributed by atoms with van der Waals surface area (Å²) in [5.41, 5.74) is -0.00565. The van der Waals surface area contributed by atoms with Crippen molar-refractivity contribution in [3.8, 4) is 0 Å². The van der Waals surface area contributed by atoms with Crippen LogP contribution in [0.15, 0.2) is 0 Å². The van der Waals surface area contributed by atoms with Crippen molar-refractivity contribution in [2.75, 3.05) is 6.54 Å². The molecule has 5 heteroatoms. The average molecular weight is 296 g/mol. The molecule has 2 amide bonds. The number of carbonyl (C=O) groups excluding carboxylic acids is 1. The molecule has 1 atom stereocenters. The van der Waals surface area contributed by atoms with Crippen LogP contribution in [-0.4, -0.2) is 40.6 Å². The number of nitrogens with one attached hydrogen (secondary N) is 1. The van der Waals surface area contributed by atoms with Crippen LogP contribution in [0.4, 0.5) is 4.79 Å². The summed E-state index contributed by atoms with van der Waals surface area (Å²) in [4.78, 5) is 25.4. The van der Waals surface area contributed by atoms with Gasteiger partial charge in [-0.05, 0) is 43.4 Å². The van der Waals surface area contributed by atoms with Crippen LogP contribution in [0.5, 0.6) is 0 Å². The maximum Gasteiger partial charge on any atom is 0.317 e. The Morgan fingerprint density at radius 1 is 1.24 bits per heavy atom. The van der Waals surface area contributed by atoms with E-state index in [4.69, 9.17) is 5.11 Å². The molecule has 0 aromatic carbocycles. The summed E-state index contributed by atoms with van der Waals surface area (Å²) in [6.07, 6.45) is 5.28. The Morgan fingerprint density at radius 2 is 1.86 bits per heavy atom. The summed E-state index contributed by atoms with van der Waals surface area (Å²) in [5.74, 6) is -0.193. The van der Waals surface area contributed by atoms with Crippen LogP contribution in [0, 0.1) is 11.3 Å². The Bertz CT molecular complexity index is 395. The van der Waals surface area contributed by atoms with Gasteiger partial charge in [-0.15, -0.1) is 0 Å². The molecule has 2 N–H and O–H groups in total. The van der Waals surface area contributed by atoms with Crippen LogP contribution < -0.4 is 5.32 Å². The lowest BCUT2D eigenvalue weighted by Gasteiger charge is -2.29. The molecular weight excluding hydrogens is 268 g/mol. The standard InChI is InChI=1S/C16H28N2O3/c1-16(2,3)9-12(8-14(19)20)17-15(21)18(13-6-7-13)10-11-4-5-11/h11-13H,4-10H2,1-3H3,(H,17,21)(H,19,20). The first-order valence-corrected chi connectivity index (χ1v) is 8.03. The van der Waals surface area contributed by atoms with Crippen molar-refractivity contribution in [1.82, 2.24) is 10.2 Å². The molecule has 0 aromatic heterocycles. The van der Waals surface area contributed by atoms with Crippen molar-refractivity contribution < 1.29 is 14.7 Å². The van der Waals surface area contributed by atoms with Crippen LogP contribution >= 0.6 is 0 Å². The molecular formula is C16H28N2O3. The number of nitrogens with zero attached hydrogens (tertiary/aromatic N) is 1. The first-order chi connectivity index (χ1) is 9.74. The van der Waals surface area contributed by atoms with E-state index in [2.05, 4.69) is 26.1 Å². The van der Waals surface area contributed by atoms with Gasteiger partial charge in [0.05, 0.1) is 6.42 Å². The molecule has 2 aliphatic carbocycles. The highest BCUT2D eigenvalue weighted by atomic mass is 16.4. The summed E-state index contributed by atoms with van der Waals surface area (Å²) in [5, 5.41) is 12.0. The van der Waals surface area contributed by atoms with Crippen LogP contribution in [0.1, 0.15) is 59.3 Å². The molecule has 2 saturated carbocycles. The van der Waals surface area contributed by atoms with Crippen molar-refractivity contribution >= 4 is 12.0 Å². The van der Waals surface area contributed by atoms with Crippen LogP contribution in [-0.2, 0) is 4.79 Å². The minimum Gasteiger partial charge on any atom is -0.481 e. The number of urea groups is 1. The molecule has 1 unspecified atom stereocenters. The molecule has 21 heavy (non-hydrogen) atoms. The Labute approximate surface area is 127 Å². The normalized spacial score (nSPS) is 20.0. The monoisotopic (exact) mass is 296 g/mol. The lowest BCUT2D eigenvalue weighted by atomic mass is 9.87. The lowest BCUT2D eigenvalue weighted by molar-refractivity contribution is -0.137. The summed E-state index contributed by atoms with van der Waals surface area (Å²) >= 11 is 0. The molecule has 0 aromatic rings. The Kier molecular flexibility index (Phi) is 4.79. The van der Waals surface area contributed by atoms with E-state index in [0.717, 1.165) is 19.4 Å². The van der Waals surface area contributed by atoms with Crippen molar-refractivity contribution in [3.63, 3.8) is 0 Å². The minimum atomic E-state index is -0.857. The summed E-state index contributed by atoms with van der Waals surface area (Å²) in [6, 6.07) is 0.0149. The largest absolute Gasteiger partial charge is 0.481 e. The van der Waals surface area contributed by atoms with Gasteiger partial charge in [0.25, 0.3) is 0 Å². The second-order valence-electron chi connectivity index (χ2n) is 7.84. The van der Waals surface area contributed by atoms with E-state index in [-0.39, 0.29) is 23.9 Å². The first-order valence-electron chi connectivity index (χ1n) is 8.03. The third kappa shape index (κ3) is 5.94. The van der Waals surface area contributed by atoms with Crippen LogP contribution in [0.25, 0.3) is 0 Å². The fourth-order valence-electron chi connectivity index (χ4n) is 2.74. The highest BCUT2D eigenvalue weighted by molar-refractivity contribution is 5.76. The highest BCUT2D eigenvalue weighted by Crippen LogP contribution is 2.35. The molecule has 2 fully saturated rings. The van der Waals surface area contributed by atoms with Crippen LogP contribution in [0.3, 0.4) is 0 Å².